The minimum Gasteiger partial charge on any atom is -1.00 e. The van der Waals surface area contributed by atoms with Crippen LogP contribution in [-0.4, -0.2) is 12.8 Å². The van der Waals surface area contributed by atoms with Crippen LogP contribution >= 0.6 is 0 Å². The Morgan fingerprint density at radius 3 is 2.22 bits per heavy atom. The number of rotatable bonds is 4. The van der Waals surface area contributed by atoms with Gasteiger partial charge in [0.25, 0.3) is 0 Å². The molecule has 0 saturated carbocycles. The van der Waals surface area contributed by atoms with Gasteiger partial charge in [0.1, 0.15) is 0 Å². The van der Waals surface area contributed by atoms with Crippen molar-refractivity contribution in [3.8, 4) is 0 Å². The topological polar surface area (TPSA) is 48.9 Å². The Bertz CT molecular complexity index is 50.2. The maximum atomic E-state index is 10.0. The van der Waals surface area contributed by atoms with Crippen molar-refractivity contribution in [2.24, 2.45) is 0 Å². The zero-order valence-electron chi connectivity index (χ0n) is 5.76. The molecule has 2 N–H and O–H groups in total. The van der Waals surface area contributed by atoms with Crippen LogP contribution < -0.4 is 29.5 Å². The van der Waals surface area contributed by atoms with Crippen LogP contribution in [0.2, 0.25) is 0 Å². The molecular weight excluding hydrogens is 233 g/mol. The molecule has 0 saturated heterocycles. The molecule has 0 aromatic rings. The molecule has 1 unspecified atom stereocenters. The smallest absolute Gasteiger partial charge is 0.189 e. The monoisotopic (exact) mass is 246 g/mol. The molecule has 58 valence electrons. The summed E-state index contributed by atoms with van der Waals surface area (Å²) in [5, 5.41) is 10.0. The van der Waals surface area contributed by atoms with Gasteiger partial charge in [0, 0.05) is 6.42 Å². The molecule has 0 bridgehead atoms. The SMILES string of the molecule is CCOC(CC)[NH2+][O-].[I-]. The summed E-state index contributed by atoms with van der Waals surface area (Å²) in [5.74, 6) is 0. The van der Waals surface area contributed by atoms with Crippen LogP contribution in [0.1, 0.15) is 20.3 Å². The minimum atomic E-state index is -0.181. The van der Waals surface area contributed by atoms with Crippen molar-refractivity contribution in [3.63, 3.8) is 0 Å². The molecule has 0 aliphatic rings. The van der Waals surface area contributed by atoms with E-state index < -0.39 is 0 Å². The van der Waals surface area contributed by atoms with E-state index in [9.17, 15) is 5.21 Å². The molecule has 0 aromatic heterocycles. The highest BCUT2D eigenvalue weighted by Crippen LogP contribution is 1.84. The molecule has 0 amide bonds. The van der Waals surface area contributed by atoms with Crippen molar-refractivity contribution in [2.45, 2.75) is 26.5 Å². The maximum Gasteiger partial charge on any atom is 0.189 e. The standard InChI is InChI=1S/C5H13NO2.HI/c1-3-5(6-7)8-4-2;/h5H,3-4,6H2,1-2H3;1H/p-1. The first-order valence-electron chi connectivity index (χ1n) is 2.92. The van der Waals surface area contributed by atoms with Crippen molar-refractivity contribution < 1.29 is 34.2 Å². The molecular formula is C5H13INO2-. The lowest BCUT2D eigenvalue weighted by atomic mass is 10.4. The summed E-state index contributed by atoms with van der Waals surface area (Å²) in [4.78, 5) is 0. The zero-order valence-corrected chi connectivity index (χ0v) is 7.92. The third-order valence-electron chi connectivity index (χ3n) is 0.935. The Balaban J connectivity index is 0. The summed E-state index contributed by atoms with van der Waals surface area (Å²) < 4.78 is 4.97. The lowest BCUT2D eigenvalue weighted by Crippen LogP contribution is -3.00. The highest BCUT2D eigenvalue weighted by molar-refractivity contribution is 4.30. The number of nitrogens with two attached hydrogens (primary N) is 1. The molecule has 1 atom stereocenters. The van der Waals surface area contributed by atoms with E-state index in [2.05, 4.69) is 0 Å². The van der Waals surface area contributed by atoms with Gasteiger partial charge in [-0.3, -0.25) is 0 Å². The second-order valence-electron chi connectivity index (χ2n) is 1.54. The maximum absolute atomic E-state index is 10.0. The van der Waals surface area contributed by atoms with Gasteiger partial charge in [-0.05, 0) is 6.92 Å². The summed E-state index contributed by atoms with van der Waals surface area (Å²) in [5.41, 5.74) is 0.837. The molecule has 0 radical (unpaired) electrons. The lowest BCUT2D eigenvalue weighted by Gasteiger charge is -2.13. The largest absolute Gasteiger partial charge is 1.00 e. The van der Waals surface area contributed by atoms with Crippen LogP contribution in [0.3, 0.4) is 0 Å². The average Bonchev–Trinajstić information content (AvgIpc) is 1.83. The summed E-state index contributed by atoms with van der Waals surface area (Å²) in [7, 11) is 0. The number of hydrogen-bond acceptors (Lipinski definition) is 2. The van der Waals surface area contributed by atoms with Gasteiger partial charge >= 0.3 is 0 Å². The van der Waals surface area contributed by atoms with Crippen molar-refractivity contribution >= 4 is 0 Å². The van der Waals surface area contributed by atoms with E-state index in [0.29, 0.717) is 6.61 Å². The first-order valence-corrected chi connectivity index (χ1v) is 2.92. The molecule has 0 aliphatic carbocycles. The van der Waals surface area contributed by atoms with Gasteiger partial charge in [-0.1, -0.05) is 6.92 Å². The second-order valence-corrected chi connectivity index (χ2v) is 1.54. The van der Waals surface area contributed by atoms with Crippen molar-refractivity contribution in [1.29, 1.82) is 0 Å². The van der Waals surface area contributed by atoms with Gasteiger partial charge in [-0.15, -0.1) is 0 Å². The Hall–Kier alpha value is 0.610. The first kappa shape index (κ1) is 12.3. The molecule has 0 rings (SSSR count). The van der Waals surface area contributed by atoms with E-state index in [0.717, 1.165) is 11.9 Å². The zero-order chi connectivity index (χ0) is 6.41. The van der Waals surface area contributed by atoms with Crippen LogP contribution in [0.4, 0.5) is 0 Å². The van der Waals surface area contributed by atoms with Gasteiger partial charge in [-0.2, -0.15) is 0 Å². The fourth-order valence-corrected chi connectivity index (χ4v) is 0.467. The van der Waals surface area contributed by atoms with E-state index in [1.54, 1.807) is 0 Å². The van der Waals surface area contributed by atoms with Gasteiger partial charge in [0.05, 0.1) is 6.61 Å². The van der Waals surface area contributed by atoms with E-state index in [4.69, 9.17) is 4.74 Å². The first-order chi connectivity index (χ1) is 3.85. The van der Waals surface area contributed by atoms with Crippen molar-refractivity contribution in [3.05, 3.63) is 5.21 Å². The second kappa shape index (κ2) is 8.61. The molecule has 0 aliphatic heterocycles. The normalized spacial score (nSPS) is 12.3. The van der Waals surface area contributed by atoms with E-state index in [1.165, 1.54) is 0 Å². The molecule has 0 fully saturated rings. The number of hydroxylamine groups is 1. The van der Waals surface area contributed by atoms with Crippen LogP contribution in [0, 0.1) is 5.21 Å². The van der Waals surface area contributed by atoms with Gasteiger partial charge in [0.15, 0.2) is 6.23 Å². The highest BCUT2D eigenvalue weighted by Gasteiger charge is 1.99. The Labute approximate surface area is 72.8 Å². The molecule has 9 heavy (non-hydrogen) atoms. The van der Waals surface area contributed by atoms with Crippen LogP contribution in [0.5, 0.6) is 0 Å². The molecule has 3 nitrogen and oxygen atoms in total. The van der Waals surface area contributed by atoms with Crippen molar-refractivity contribution in [1.82, 2.24) is 0 Å². The summed E-state index contributed by atoms with van der Waals surface area (Å²) in [6, 6.07) is 0. The predicted molar refractivity (Wildman–Crippen MR) is 31.0 cm³/mol. The number of quaternary nitrogens is 1. The van der Waals surface area contributed by atoms with Crippen LogP contribution in [0.15, 0.2) is 0 Å². The van der Waals surface area contributed by atoms with E-state index in [-0.39, 0.29) is 30.2 Å². The molecule has 0 heterocycles. The summed E-state index contributed by atoms with van der Waals surface area (Å²) in [6.45, 7) is 4.43. The minimum absolute atomic E-state index is 0. The Kier molecular flexibility index (Phi) is 11.8. The molecule has 4 heteroatoms. The Morgan fingerprint density at radius 2 is 2.11 bits per heavy atom. The highest BCUT2D eigenvalue weighted by atomic mass is 127. The van der Waals surface area contributed by atoms with Gasteiger partial charge in [0.2, 0.25) is 0 Å². The van der Waals surface area contributed by atoms with Gasteiger partial charge < -0.3 is 39.4 Å². The van der Waals surface area contributed by atoms with Crippen LogP contribution in [-0.2, 0) is 4.74 Å². The van der Waals surface area contributed by atoms with Crippen molar-refractivity contribution in [2.75, 3.05) is 6.61 Å². The number of hydrogen-bond donors (Lipinski definition) is 1. The summed E-state index contributed by atoms with van der Waals surface area (Å²) >= 11 is 0. The number of halogens is 1. The van der Waals surface area contributed by atoms with Crippen LogP contribution in [0.25, 0.3) is 0 Å². The third kappa shape index (κ3) is 6.50. The lowest BCUT2D eigenvalue weighted by molar-refractivity contribution is -0.671. The number of ether oxygens (including phenoxy) is 1. The van der Waals surface area contributed by atoms with E-state index in [1.807, 2.05) is 13.8 Å². The molecule has 0 spiro atoms. The molecule has 0 aromatic carbocycles. The summed E-state index contributed by atoms with van der Waals surface area (Å²) in [6.07, 6.45) is 0.595. The Morgan fingerprint density at radius 1 is 1.56 bits per heavy atom. The average molecular weight is 246 g/mol. The fourth-order valence-electron chi connectivity index (χ4n) is 0.467. The fraction of sp³-hybridized carbons (Fsp3) is 1.00. The quantitative estimate of drug-likeness (QED) is 0.323. The predicted octanol–water partition coefficient (Wildman–Crippen LogP) is -3.18. The van der Waals surface area contributed by atoms with Gasteiger partial charge in [-0.25, -0.2) is 0 Å². The van der Waals surface area contributed by atoms with E-state index >= 15 is 0 Å². The third-order valence-corrected chi connectivity index (χ3v) is 0.935.